The van der Waals surface area contributed by atoms with Crippen molar-refractivity contribution in [1.82, 2.24) is 5.32 Å². The summed E-state index contributed by atoms with van der Waals surface area (Å²) in [4.78, 5) is 0. The molecular formula is C14H29N. The van der Waals surface area contributed by atoms with Gasteiger partial charge in [-0.1, -0.05) is 34.1 Å². The molecular weight excluding hydrogens is 182 g/mol. The predicted molar refractivity (Wildman–Crippen MR) is 68.0 cm³/mol. The Hall–Kier alpha value is -0.0400. The molecule has 1 N–H and O–H groups in total. The van der Waals surface area contributed by atoms with E-state index in [0.29, 0.717) is 5.41 Å². The summed E-state index contributed by atoms with van der Waals surface area (Å²) < 4.78 is 0. The molecule has 15 heavy (non-hydrogen) atoms. The van der Waals surface area contributed by atoms with E-state index < -0.39 is 0 Å². The lowest BCUT2D eigenvalue weighted by atomic mass is 9.63. The van der Waals surface area contributed by atoms with Gasteiger partial charge in [0.15, 0.2) is 0 Å². The van der Waals surface area contributed by atoms with Gasteiger partial charge in [0.2, 0.25) is 0 Å². The largest absolute Gasteiger partial charge is 0.319 e. The molecule has 1 fully saturated rings. The number of hydrogen-bond donors (Lipinski definition) is 1. The molecule has 1 saturated carbocycles. The average molecular weight is 211 g/mol. The average Bonchev–Trinajstić information content (AvgIpc) is 2.19. The van der Waals surface area contributed by atoms with Crippen LogP contribution in [0, 0.1) is 23.2 Å². The molecule has 1 nitrogen and oxygen atoms in total. The van der Waals surface area contributed by atoms with Crippen molar-refractivity contribution in [2.24, 2.45) is 23.2 Å². The zero-order valence-electron chi connectivity index (χ0n) is 11.3. The van der Waals surface area contributed by atoms with Gasteiger partial charge in [-0.05, 0) is 56.0 Å². The molecule has 0 amide bonds. The number of nitrogens with one attached hydrogen (secondary N) is 1. The molecule has 90 valence electrons. The first-order valence-corrected chi connectivity index (χ1v) is 6.64. The van der Waals surface area contributed by atoms with Gasteiger partial charge in [0.25, 0.3) is 0 Å². The highest BCUT2D eigenvalue weighted by Crippen LogP contribution is 2.45. The fourth-order valence-corrected chi connectivity index (χ4v) is 3.18. The summed E-state index contributed by atoms with van der Waals surface area (Å²) in [6, 6.07) is 0. The Bertz CT molecular complexity index is 186. The standard InChI is InChI=1S/C14H29N/c1-6-11(2)13-9-14(3,4)8-7-12(13)10-15-5/h11-13,15H,6-10H2,1-5H3. The van der Waals surface area contributed by atoms with Crippen LogP contribution in [0.3, 0.4) is 0 Å². The van der Waals surface area contributed by atoms with Crippen molar-refractivity contribution in [3.05, 3.63) is 0 Å². The fourth-order valence-electron chi connectivity index (χ4n) is 3.18. The second kappa shape index (κ2) is 5.34. The van der Waals surface area contributed by atoms with Crippen molar-refractivity contribution in [2.45, 2.75) is 53.4 Å². The minimum atomic E-state index is 0.582. The molecule has 3 unspecified atom stereocenters. The smallest absolute Gasteiger partial charge is 0.00208 e. The maximum Gasteiger partial charge on any atom is -0.00208 e. The van der Waals surface area contributed by atoms with E-state index in [1.54, 1.807) is 0 Å². The highest BCUT2D eigenvalue weighted by Gasteiger charge is 2.36. The van der Waals surface area contributed by atoms with Gasteiger partial charge in [-0.3, -0.25) is 0 Å². The maximum absolute atomic E-state index is 3.37. The van der Waals surface area contributed by atoms with Crippen LogP contribution in [0.2, 0.25) is 0 Å². The predicted octanol–water partition coefficient (Wildman–Crippen LogP) is 3.69. The van der Waals surface area contributed by atoms with Gasteiger partial charge in [-0.2, -0.15) is 0 Å². The Morgan fingerprint density at radius 3 is 2.60 bits per heavy atom. The van der Waals surface area contributed by atoms with E-state index in [-0.39, 0.29) is 0 Å². The quantitative estimate of drug-likeness (QED) is 0.748. The van der Waals surface area contributed by atoms with Gasteiger partial charge in [-0.25, -0.2) is 0 Å². The van der Waals surface area contributed by atoms with Crippen molar-refractivity contribution < 1.29 is 0 Å². The molecule has 0 aromatic rings. The lowest BCUT2D eigenvalue weighted by Gasteiger charge is -2.43. The van der Waals surface area contributed by atoms with Crippen molar-refractivity contribution >= 4 is 0 Å². The summed E-state index contributed by atoms with van der Waals surface area (Å²) in [7, 11) is 2.09. The summed E-state index contributed by atoms with van der Waals surface area (Å²) in [5, 5.41) is 3.37. The van der Waals surface area contributed by atoms with Gasteiger partial charge in [0, 0.05) is 0 Å². The third-order valence-electron chi connectivity index (χ3n) is 4.43. The van der Waals surface area contributed by atoms with Gasteiger partial charge in [-0.15, -0.1) is 0 Å². The second-order valence-electron chi connectivity index (χ2n) is 6.27. The first-order chi connectivity index (χ1) is 7.00. The van der Waals surface area contributed by atoms with Gasteiger partial charge in [0.1, 0.15) is 0 Å². The van der Waals surface area contributed by atoms with Gasteiger partial charge >= 0.3 is 0 Å². The van der Waals surface area contributed by atoms with Crippen LogP contribution in [0.4, 0.5) is 0 Å². The van der Waals surface area contributed by atoms with E-state index in [4.69, 9.17) is 0 Å². The topological polar surface area (TPSA) is 12.0 Å². The molecule has 0 heterocycles. The van der Waals surface area contributed by atoms with Gasteiger partial charge in [0.05, 0.1) is 0 Å². The van der Waals surface area contributed by atoms with Crippen LogP contribution in [-0.4, -0.2) is 13.6 Å². The Balaban J connectivity index is 2.64. The molecule has 0 spiro atoms. The van der Waals surface area contributed by atoms with E-state index in [0.717, 1.165) is 17.8 Å². The van der Waals surface area contributed by atoms with E-state index in [1.807, 2.05) is 0 Å². The maximum atomic E-state index is 3.37. The summed E-state index contributed by atoms with van der Waals surface area (Å²) in [5.74, 6) is 2.74. The summed E-state index contributed by atoms with van der Waals surface area (Å²) in [6.07, 6.45) is 5.59. The molecule has 1 rings (SSSR count). The highest BCUT2D eigenvalue weighted by molar-refractivity contribution is 4.87. The Labute approximate surface area is 96.0 Å². The Kier molecular flexibility index (Phi) is 4.64. The molecule has 0 radical (unpaired) electrons. The van der Waals surface area contributed by atoms with Gasteiger partial charge < -0.3 is 5.32 Å². The van der Waals surface area contributed by atoms with E-state index in [9.17, 15) is 0 Å². The lowest BCUT2D eigenvalue weighted by molar-refractivity contribution is 0.0783. The van der Waals surface area contributed by atoms with Crippen LogP contribution >= 0.6 is 0 Å². The first kappa shape index (κ1) is 13.0. The normalized spacial score (nSPS) is 32.6. The van der Waals surface area contributed by atoms with Crippen LogP contribution in [0.5, 0.6) is 0 Å². The van der Waals surface area contributed by atoms with Crippen molar-refractivity contribution in [3.63, 3.8) is 0 Å². The molecule has 0 aromatic heterocycles. The molecule has 0 bridgehead atoms. The highest BCUT2D eigenvalue weighted by atomic mass is 14.8. The number of rotatable bonds is 4. The number of hydrogen-bond acceptors (Lipinski definition) is 1. The van der Waals surface area contributed by atoms with Crippen molar-refractivity contribution in [1.29, 1.82) is 0 Å². The van der Waals surface area contributed by atoms with E-state index in [1.165, 1.54) is 32.2 Å². The molecule has 0 aliphatic heterocycles. The fraction of sp³-hybridized carbons (Fsp3) is 1.00. The monoisotopic (exact) mass is 211 g/mol. The molecule has 1 aliphatic carbocycles. The molecule has 1 heteroatoms. The summed E-state index contributed by atoms with van der Waals surface area (Å²) in [6.45, 7) is 10.9. The van der Waals surface area contributed by atoms with Crippen LogP contribution in [0.25, 0.3) is 0 Å². The third kappa shape index (κ3) is 3.48. The summed E-state index contributed by atoms with van der Waals surface area (Å²) >= 11 is 0. The van der Waals surface area contributed by atoms with E-state index in [2.05, 4.69) is 40.1 Å². The molecule has 0 saturated heterocycles. The van der Waals surface area contributed by atoms with Crippen LogP contribution in [0.15, 0.2) is 0 Å². The van der Waals surface area contributed by atoms with Crippen molar-refractivity contribution in [2.75, 3.05) is 13.6 Å². The molecule has 1 aliphatic rings. The van der Waals surface area contributed by atoms with Crippen LogP contribution in [0.1, 0.15) is 53.4 Å². The second-order valence-corrected chi connectivity index (χ2v) is 6.27. The summed E-state index contributed by atoms with van der Waals surface area (Å²) in [5.41, 5.74) is 0.582. The van der Waals surface area contributed by atoms with Crippen molar-refractivity contribution in [3.8, 4) is 0 Å². The zero-order chi connectivity index (χ0) is 11.5. The molecule has 0 aromatic carbocycles. The molecule has 3 atom stereocenters. The Morgan fingerprint density at radius 2 is 2.07 bits per heavy atom. The Morgan fingerprint density at radius 1 is 1.40 bits per heavy atom. The SMILES string of the molecule is CCC(C)C1CC(C)(C)CCC1CNC. The minimum absolute atomic E-state index is 0.582. The third-order valence-corrected chi connectivity index (χ3v) is 4.43. The first-order valence-electron chi connectivity index (χ1n) is 6.64. The minimum Gasteiger partial charge on any atom is -0.319 e. The van der Waals surface area contributed by atoms with E-state index >= 15 is 0 Å². The van der Waals surface area contributed by atoms with Crippen LogP contribution in [-0.2, 0) is 0 Å². The zero-order valence-corrected chi connectivity index (χ0v) is 11.3. The van der Waals surface area contributed by atoms with Crippen LogP contribution < -0.4 is 5.32 Å². The lowest BCUT2D eigenvalue weighted by Crippen LogP contribution is -2.37.